The monoisotopic (exact) mass is 1050 g/mol. The van der Waals surface area contributed by atoms with Gasteiger partial charge in [0.25, 0.3) is 0 Å². The van der Waals surface area contributed by atoms with E-state index in [1.54, 1.807) is 0 Å². The van der Waals surface area contributed by atoms with Crippen LogP contribution < -0.4 is 0 Å². The maximum absolute atomic E-state index is 12.8. The molecule has 1 atom stereocenters. The van der Waals surface area contributed by atoms with Crippen LogP contribution in [0.1, 0.15) is 380 Å². The number of ether oxygens (including phenoxy) is 3. The summed E-state index contributed by atoms with van der Waals surface area (Å²) in [5, 5.41) is 0. The zero-order valence-corrected chi connectivity index (χ0v) is 50.8. The zero-order chi connectivity index (χ0) is 54.3. The third-order valence-electron chi connectivity index (χ3n) is 15.5. The van der Waals surface area contributed by atoms with Crippen LogP contribution in [0, 0.1) is 0 Å². The second-order valence-corrected chi connectivity index (χ2v) is 23.1. The molecule has 0 bridgehead atoms. The molecule has 0 aliphatic carbocycles. The van der Waals surface area contributed by atoms with Crippen molar-refractivity contribution in [2.24, 2.45) is 0 Å². The van der Waals surface area contributed by atoms with Crippen molar-refractivity contribution in [3.05, 3.63) is 24.3 Å². The number of carbonyl (C=O) groups excluding carboxylic acids is 3. The molecule has 0 amide bonds. The Morgan fingerprint density at radius 1 is 0.267 bits per heavy atom. The first-order chi connectivity index (χ1) is 37.0. The van der Waals surface area contributed by atoms with Crippen LogP contribution in [0.3, 0.4) is 0 Å². The van der Waals surface area contributed by atoms with Crippen molar-refractivity contribution >= 4 is 17.9 Å². The van der Waals surface area contributed by atoms with E-state index >= 15 is 0 Å². The molecule has 0 aliphatic rings. The molecule has 0 saturated carbocycles. The Labute approximate surface area is 468 Å². The molecule has 0 rings (SSSR count). The molecule has 0 radical (unpaired) electrons. The van der Waals surface area contributed by atoms with Crippen LogP contribution in [0.25, 0.3) is 0 Å². The first-order valence-corrected chi connectivity index (χ1v) is 33.8. The summed E-state index contributed by atoms with van der Waals surface area (Å²) in [5.41, 5.74) is 0. The van der Waals surface area contributed by atoms with Gasteiger partial charge in [-0.2, -0.15) is 0 Å². The van der Waals surface area contributed by atoms with Gasteiger partial charge in [0, 0.05) is 19.3 Å². The molecule has 442 valence electrons. The van der Waals surface area contributed by atoms with Gasteiger partial charge in [-0.25, -0.2) is 0 Å². The highest BCUT2D eigenvalue weighted by molar-refractivity contribution is 5.71. The molecule has 0 heterocycles. The summed E-state index contributed by atoms with van der Waals surface area (Å²) >= 11 is 0. The summed E-state index contributed by atoms with van der Waals surface area (Å²) in [6.45, 7) is 6.67. The minimum absolute atomic E-state index is 0.0634. The summed E-state index contributed by atoms with van der Waals surface area (Å²) in [5.74, 6) is -0.839. The topological polar surface area (TPSA) is 78.9 Å². The van der Waals surface area contributed by atoms with Crippen LogP contribution in [0.2, 0.25) is 0 Å². The van der Waals surface area contributed by atoms with Gasteiger partial charge in [-0.1, -0.05) is 334 Å². The standard InChI is InChI=1S/C69H130O6/c1-4-7-10-13-16-19-22-23-24-25-26-27-28-29-30-31-32-33-34-35-36-37-38-39-40-41-42-43-44-45-48-50-53-56-59-62-68(71)74-65-66(75-69(72)63-60-57-54-51-47-21-18-15-12-9-6-3)64-73-67(70)61-58-55-52-49-46-20-17-14-11-8-5-2/h22-23,25-26,66H,4-21,24,27-65H2,1-3H3/b23-22-,26-25-. The molecule has 0 N–H and O–H groups in total. The Morgan fingerprint density at radius 3 is 0.733 bits per heavy atom. The Bertz CT molecular complexity index is 1210. The lowest BCUT2D eigenvalue weighted by molar-refractivity contribution is -0.167. The number of hydrogen-bond acceptors (Lipinski definition) is 6. The van der Waals surface area contributed by atoms with E-state index in [2.05, 4.69) is 45.1 Å². The van der Waals surface area contributed by atoms with Crippen LogP contribution in [0.15, 0.2) is 24.3 Å². The van der Waals surface area contributed by atoms with Gasteiger partial charge in [0.2, 0.25) is 0 Å². The van der Waals surface area contributed by atoms with Gasteiger partial charge in [0.1, 0.15) is 13.2 Å². The van der Waals surface area contributed by atoms with Gasteiger partial charge < -0.3 is 14.2 Å². The molecule has 6 nitrogen and oxygen atoms in total. The lowest BCUT2D eigenvalue weighted by Gasteiger charge is -2.18. The van der Waals surface area contributed by atoms with Gasteiger partial charge >= 0.3 is 17.9 Å². The smallest absolute Gasteiger partial charge is 0.306 e. The Hall–Kier alpha value is -2.11. The van der Waals surface area contributed by atoms with Crippen molar-refractivity contribution in [3.8, 4) is 0 Å². The second-order valence-electron chi connectivity index (χ2n) is 23.1. The quantitative estimate of drug-likeness (QED) is 0.0261. The Balaban J connectivity index is 3.93. The van der Waals surface area contributed by atoms with Crippen LogP contribution in [-0.2, 0) is 28.6 Å². The molecule has 0 fully saturated rings. The van der Waals surface area contributed by atoms with Gasteiger partial charge in [-0.3, -0.25) is 14.4 Å². The summed E-state index contributed by atoms with van der Waals surface area (Å²) in [6, 6.07) is 0. The Morgan fingerprint density at radius 2 is 0.480 bits per heavy atom. The van der Waals surface area contributed by atoms with E-state index in [0.29, 0.717) is 19.3 Å². The van der Waals surface area contributed by atoms with Crippen LogP contribution >= 0.6 is 0 Å². The van der Waals surface area contributed by atoms with Gasteiger partial charge in [0.15, 0.2) is 6.10 Å². The number of unbranched alkanes of at least 4 members (excludes halogenated alkanes) is 48. The third kappa shape index (κ3) is 62.6. The van der Waals surface area contributed by atoms with Crippen LogP contribution in [0.5, 0.6) is 0 Å². The fourth-order valence-electron chi connectivity index (χ4n) is 10.4. The maximum Gasteiger partial charge on any atom is 0.306 e. The lowest BCUT2D eigenvalue weighted by atomic mass is 10.0. The van der Waals surface area contributed by atoms with Crippen LogP contribution in [0.4, 0.5) is 0 Å². The predicted molar refractivity (Wildman–Crippen MR) is 326 cm³/mol. The number of rotatable bonds is 63. The van der Waals surface area contributed by atoms with E-state index in [0.717, 1.165) is 64.2 Å². The molecule has 0 spiro atoms. The van der Waals surface area contributed by atoms with E-state index in [-0.39, 0.29) is 31.1 Å². The maximum atomic E-state index is 12.8. The number of allylic oxidation sites excluding steroid dienone is 4. The third-order valence-corrected chi connectivity index (χ3v) is 15.5. The minimum Gasteiger partial charge on any atom is -0.462 e. The normalized spacial score (nSPS) is 12.1. The van der Waals surface area contributed by atoms with E-state index < -0.39 is 6.10 Å². The lowest BCUT2D eigenvalue weighted by Crippen LogP contribution is -2.30. The molecular weight excluding hydrogens is 925 g/mol. The molecule has 75 heavy (non-hydrogen) atoms. The average Bonchev–Trinajstić information content (AvgIpc) is 3.41. The van der Waals surface area contributed by atoms with Gasteiger partial charge in [-0.05, 0) is 51.4 Å². The SMILES string of the molecule is CCCCCCC/C=C\C/C=C\CCCCCCCCCCCCCCCCCCCCCCCCCC(=O)OCC(COC(=O)CCCCCCCCCCCCC)OC(=O)CCCCCCCCCCCCC. The fourth-order valence-corrected chi connectivity index (χ4v) is 10.4. The molecule has 1 unspecified atom stereocenters. The Kier molecular flexibility index (Phi) is 62.6. The van der Waals surface area contributed by atoms with Crippen molar-refractivity contribution in [2.45, 2.75) is 386 Å². The van der Waals surface area contributed by atoms with Crippen LogP contribution in [-0.4, -0.2) is 37.2 Å². The number of carbonyl (C=O) groups is 3. The zero-order valence-electron chi connectivity index (χ0n) is 50.8. The van der Waals surface area contributed by atoms with E-state index in [1.807, 2.05) is 0 Å². The molecule has 0 saturated heterocycles. The summed E-state index contributed by atoms with van der Waals surface area (Å²) in [4.78, 5) is 38.1. The summed E-state index contributed by atoms with van der Waals surface area (Å²) in [7, 11) is 0. The fraction of sp³-hybridized carbons (Fsp3) is 0.899. The number of hydrogen-bond donors (Lipinski definition) is 0. The predicted octanol–water partition coefficient (Wildman–Crippen LogP) is 23.0. The molecule has 0 aromatic heterocycles. The van der Waals surface area contributed by atoms with Crippen molar-refractivity contribution in [2.75, 3.05) is 13.2 Å². The molecular formula is C69H130O6. The number of esters is 3. The highest BCUT2D eigenvalue weighted by Crippen LogP contribution is 2.18. The van der Waals surface area contributed by atoms with Crippen molar-refractivity contribution in [1.29, 1.82) is 0 Å². The van der Waals surface area contributed by atoms with Crippen molar-refractivity contribution < 1.29 is 28.6 Å². The minimum atomic E-state index is -0.763. The summed E-state index contributed by atoms with van der Waals surface area (Å²) < 4.78 is 16.9. The average molecular weight is 1060 g/mol. The van der Waals surface area contributed by atoms with Gasteiger partial charge in [0.05, 0.1) is 0 Å². The molecule has 6 heteroatoms. The first-order valence-electron chi connectivity index (χ1n) is 33.8. The van der Waals surface area contributed by atoms with Crippen molar-refractivity contribution in [3.63, 3.8) is 0 Å². The molecule has 0 aliphatic heterocycles. The van der Waals surface area contributed by atoms with E-state index in [4.69, 9.17) is 14.2 Å². The largest absolute Gasteiger partial charge is 0.462 e. The van der Waals surface area contributed by atoms with Gasteiger partial charge in [-0.15, -0.1) is 0 Å². The van der Waals surface area contributed by atoms with E-state index in [1.165, 1.54) is 276 Å². The first kappa shape index (κ1) is 72.9. The highest BCUT2D eigenvalue weighted by atomic mass is 16.6. The summed E-state index contributed by atoms with van der Waals surface area (Å²) in [6.07, 6.45) is 78.0. The highest BCUT2D eigenvalue weighted by Gasteiger charge is 2.19. The van der Waals surface area contributed by atoms with E-state index in [9.17, 15) is 14.4 Å². The van der Waals surface area contributed by atoms with Crippen molar-refractivity contribution in [1.82, 2.24) is 0 Å². The second kappa shape index (κ2) is 64.4. The molecule has 0 aromatic carbocycles. The molecule has 0 aromatic rings.